The van der Waals surface area contributed by atoms with E-state index in [2.05, 4.69) is 10.6 Å². The molecular formula is C20H23ClN2O3. The van der Waals surface area contributed by atoms with Gasteiger partial charge < -0.3 is 10.4 Å². The van der Waals surface area contributed by atoms with Gasteiger partial charge >= 0.3 is 5.97 Å². The third kappa shape index (κ3) is 5.58. The van der Waals surface area contributed by atoms with Gasteiger partial charge in [-0.05, 0) is 49.1 Å². The molecule has 0 saturated carbocycles. The summed E-state index contributed by atoms with van der Waals surface area (Å²) < 4.78 is 0. The molecule has 2 atom stereocenters. The van der Waals surface area contributed by atoms with Gasteiger partial charge in [-0.3, -0.25) is 14.9 Å². The Labute approximate surface area is 158 Å². The van der Waals surface area contributed by atoms with Crippen LogP contribution >= 0.6 is 11.6 Å². The summed E-state index contributed by atoms with van der Waals surface area (Å²) in [4.78, 5) is 23.3. The Balaban J connectivity index is 2.07. The van der Waals surface area contributed by atoms with Gasteiger partial charge in [0.2, 0.25) is 5.91 Å². The minimum absolute atomic E-state index is 0.213. The van der Waals surface area contributed by atoms with Crippen LogP contribution in [0.25, 0.3) is 11.1 Å². The van der Waals surface area contributed by atoms with E-state index in [1.54, 1.807) is 6.92 Å². The smallest absolute Gasteiger partial charge is 0.321 e. The molecule has 0 aliphatic carbocycles. The van der Waals surface area contributed by atoms with Crippen molar-refractivity contribution in [3.05, 3.63) is 59.1 Å². The molecule has 0 spiro atoms. The minimum atomic E-state index is -0.986. The lowest BCUT2D eigenvalue weighted by Crippen LogP contribution is -2.50. The Bertz CT molecular complexity index is 762. The van der Waals surface area contributed by atoms with Gasteiger partial charge in [-0.15, -0.1) is 0 Å². The number of nitrogens with one attached hydrogen (secondary N) is 2. The van der Waals surface area contributed by atoms with Gasteiger partial charge in [-0.2, -0.15) is 0 Å². The first-order valence-corrected chi connectivity index (χ1v) is 8.90. The van der Waals surface area contributed by atoms with Gasteiger partial charge in [-0.1, -0.05) is 48.0 Å². The van der Waals surface area contributed by atoms with Crippen LogP contribution in [-0.4, -0.2) is 35.6 Å². The Kier molecular flexibility index (Phi) is 7.18. The highest BCUT2D eigenvalue weighted by molar-refractivity contribution is 6.30. The number of benzene rings is 2. The van der Waals surface area contributed by atoms with Crippen molar-refractivity contribution in [2.45, 2.75) is 32.4 Å². The van der Waals surface area contributed by atoms with Crippen LogP contribution in [0.4, 0.5) is 0 Å². The lowest BCUT2D eigenvalue weighted by molar-refractivity contribution is -0.139. The number of halogens is 1. The standard InChI is InChI=1S/C20H23ClN2O3/c1-3-22-19(24)13(2)23-18(20(25)26)11-14-7-9-15(10-8-14)16-5-4-6-17(21)12-16/h4-10,12-13,18,23H,3,11H2,1-2H3,(H,22,24)(H,25,26). The van der Waals surface area contributed by atoms with Crippen molar-refractivity contribution in [3.8, 4) is 11.1 Å². The van der Waals surface area contributed by atoms with E-state index in [1.165, 1.54) is 0 Å². The molecule has 1 amide bonds. The first-order chi connectivity index (χ1) is 12.4. The molecule has 138 valence electrons. The van der Waals surface area contributed by atoms with Crippen LogP contribution in [0.5, 0.6) is 0 Å². The zero-order valence-electron chi connectivity index (χ0n) is 14.8. The second-order valence-corrected chi connectivity index (χ2v) is 6.52. The average molecular weight is 375 g/mol. The van der Waals surface area contributed by atoms with Crippen molar-refractivity contribution in [1.29, 1.82) is 0 Å². The van der Waals surface area contributed by atoms with Crippen LogP contribution in [0.15, 0.2) is 48.5 Å². The molecular weight excluding hydrogens is 352 g/mol. The quantitative estimate of drug-likeness (QED) is 0.663. The zero-order valence-corrected chi connectivity index (χ0v) is 15.6. The van der Waals surface area contributed by atoms with E-state index in [0.717, 1.165) is 16.7 Å². The fourth-order valence-electron chi connectivity index (χ4n) is 2.66. The van der Waals surface area contributed by atoms with E-state index in [1.807, 2.05) is 55.5 Å². The molecule has 0 aromatic heterocycles. The summed E-state index contributed by atoms with van der Waals surface area (Å²) in [5, 5.41) is 15.7. The molecule has 2 rings (SSSR count). The van der Waals surface area contributed by atoms with E-state index in [0.29, 0.717) is 11.6 Å². The Hall–Kier alpha value is -2.37. The van der Waals surface area contributed by atoms with Crippen molar-refractivity contribution in [2.24, 2.45) is 0 Å². The normalized spacial score (nSPS) is 13.0. The van der Waals surface area contributed by atoms with Gasteiger partial charge in [0, 0.05) is 11.6 Å². The first-order valence-electron chi connectivity index (χ1n) is 8.52. The molecule has 3 N–H and O–H groups in total. The molecule has 6 heteroatoms. The molecule has 2 unspecified atom stereocenters. The van der Waals surface area contributed by atoms with E-state index in [4.69, 9.17) is 11.6 Å². The molecule has 0 bridgehead atoms. The molecule has 2 aromatic rings. The summed E-state index contributed by atoms with van der Waals surface area (Å²) >= 11 is 6.02. The van der Waals surface area contributed by atoms with E-state index < -0.39 is 18.1 Å². The largest absolute Gasteiger partial charge is 0.480 e. The molecule has 0 aliphatic heterocycles. The van der Waals surface area contributed by atoms with E-state index >= 15 is 0 Å². The van der Waals surface area contributed by atoms with Crippen molar-refractivity contribution in [1.82, 2.24) is 10.6 Å². The maximum Gasteiger partial charge on any atom is 0.321 e. The van der Waals surface area contributed by atoms with Crippen LogP contribution in [-0.2, 0) is 16.0 Å². The molecule has 0 fully saturated rings. The molecule has 5 nitrogen and oxygen atoms in total. The van der Waals surface area contributed by atoms with Crippen LogP contribution in [0.1, 0.15) is 19.4 Å². The summed E-state index contributed by atoms with van der Waals surface area (Å²) in [6.07, 6.45) is 0.287. The number of likely N-dealkylation sites (N-methyl/N-ethyl adjacent to an activating group) is 1. The van der Waals surface area contributed by atoms with Crippen molar-refractivity contribution >= 4 is 23.5 Å². The topological polar surface area (TPSA) is 78.4 Å². The first kappa shape index (κ1) is 19.9. The average Bonchev–Trinajstić information content (AvgIpc) is 2.61. The highest BCUT2D eigenvalue weighted by Crippen LogP contribution is 2.23. The van der Waals surface area contributed by atoms with E-state index in [9.17, 15) is 14.7 Å². The van der Waals surface area contributed by atoms with Gasteiger partial charge in [-0.25, -0.2) is 0 Å². The highest BCUT2D eigenvalue weighted by atomic mass is 35.5. The van der Waals surface area contributed by atoms with Gasteiger partial charge in [0.1, 0.15) is 6.04 Å². The van der Waals surface area contributed by atoms with Crippen LogP contribution in [0.3, 0.4) is 0 Å². The number of carboxylic acids is 1. The zero-order chi connectivity index (χ0) is 19.1. The second kappa shape index (κ2) is 9.36. The summed E-state index contributed by atoms with van der Waals surface area (Å²) in [6.45, 7) is 3.98. The van der Waals surface area contributed by atoms with Gasteiger partial charge in [0.25, 0.3) is 0 Å². The monoisotopic (exact) mass is 374 g/mol. The lowest BCUT2D eigenvalue weighted by Gasteiger charge is -2.19. The summed E-state index contributed by atoms with van der Waals surface area (Å²) in [5.74, 6) is -1.20. The minimum Gasteiger partial charge on any atom is -0.480 e. The van der Waals surface area contributed by atoms with Gasteiger partial charge in [0.15, 0.2) is 0 Å². The third-order valence-corrected chi connectivity index (χ3v) is 4.28. The molecule has 2 aromatic carbocycles. The Morgan fingerprint density at radius 1 is 1.12 bits per heavy atom. The van der Waals surface area contributed by atoms with Crippen molar-refractivity contribution in [3.63, 3.8) is 0 Å². The van der Waals surface area contributed by atoms with Gasteiger partial charge in [0.05, 0.1) is 6.04 Å². The number of carbonyl (C=O) groups excluding carboxylic acids is 1. The van der Waals surface area contributed by atoms with Crippen LogP contribution in [0.2, 0.25) is 5.02 Å². The van der Waals surface area contributed by atoms with Crippen LogP contribution in [0, 0.1) is 0 Å². The summed E-state index contributed by atoms with van der Waals surface area (Å²) in [6, 6.07) is 13.8. The SMILES string of the molecule is CCNC(=O)C(C)NC(Cc1ccc(-c2cccc(Cl)c2)cc1)C(=O)O. The number of hydrogen-bond acceptors (Lipinski definition) is 3. The second-order valence-electron chi connectivity index (χ2n) is 6.09. The van der Waals surface area contributed by atoms with Crippen molar-refractivity contribution < 1.29 is 14.7 Å². The summed E-state index contributed by atoms with van der Waals surface area (Å²) in [7, 11) is 0. The molecule has 0 aliphatic rings. The number of amides is 1. The number of rotatable bonds is 8. The van der Waals surface area contributed by atoms with Crippen molar-refractivity contribution in [2.75, 3.05) is 6.54 Å². The lowest BCUT2D eigenvalue weighted by atomic mass is 10.0. The predicted octanol–water partition coefficient (Wildman–Crippen LogP) is 3.12. The Morgan fingerprint density at radius 3 is 2.38 bits per heavy atom. The number of aliphatic carboxylic acids is 1. The number of carbonyl (C=O) groups is 2. The predicted molar refractivity (Wildman–Crippen MR) is 103 cm³/mol. The summed E-state index contributed by atoms with van der Waals surface area (Å²) in [5.41, 5.74) is 2.88. The fraction of sp³-hybridized carbons (Fsp3) is 0.300. The number of hydrogen-bond donors (Lipinski definition) is 3. The van der Waals surface area contributed by atoms with E-state index in [-0.39, 0.29) is 12.3 Å². The maximum atomic E-state index is 11.8. The highest BCUT2D eigenvalue weighted by Gasteiger charge is 2.23. The van der Waals surface area contributed by atoms with Crippen LogP contribution < -0.4 is 10.6 Å². The third-order valence-electron chi connectivity index (χ3n) is 4.05. The maximum absolute atomic E-state index is 11.8. The molecule has 0 saturated heterocycles. The molecule has 0 heterocycles. The molecule has 26 heavy (non-hydrogen) atoms. The fourth-order valence-corrected chi connectivity index (χ4v) is 2.85. The number of carboxylic acid groups (broad SMARTS) is 1. The molecule has 0 radical (unpaired) electrons. The Morgan fingerprint density at radius 2 is 1.81 bits per heavy atom.